The second-order valence-electron chi connectivity index (χ2n) is 2.95. The van der Waals surface area contributed by atoms with Crippen LogP contribution in [0.15, 0.2) is 0 Å². The average Bonchev–Trinajstić information content (AvgIpc) is 2.30. The Balaban J connectivity index is 2.46. The number of β-amino-alcohol motifs (C(OH)–C–C–N with tert-alkyl or cyclic N) is 1. The smallest absolute Gasteiger partial charge is 0.334 e. The van der Waals surface area contributed by atoms with Crippen molar-refractivity contribution in [3.8, 4) is 0 Å². The zero-order valence-electron chi connectivity index (χ0n) is 6.81. The second-order valence-corrected chi connectivity index (χ2v) is 3.57. The first-order chi connectivity index (χ1) is 6.00. The van der Waals surface area contributed by atoms with Crippen LogP contribution in [0.3, 0.4) is 0 Å². The number of amides is 1. The molecule has 1 aliphatic rings. The average molecular weight is 208 g/mol. The summed E-state index contributed by atoms with van der Waals surface area (Å²) in [7, 11) is 0. The highest BCUT2D eigenvalue weighted by molar-refractivity contribution is 6.22. The number of halogens is 1. The van der Waals surface area contributed by atoms with Gasteiger partial charge in [0.25, 0.3) is 0 Å². The van der Waals surface area contributed by atoms with Gasteiger partial charge >= 0.3 is 5.97 Å². The van der Waals surface area contributed by atoms with Crippen LogP contribution in [0.2, 0.25) is 0 Å². The fraction of sp³-hybridized carbons (Fsp3) is 0.714. The lowest BCUT2D eigenvalue weighted by atomic mass is 10.3. The lowest BCUT2D eigenvalue weighted by molar-refractivity contribution is -0.148. The fourth-order valence-corrected chi connectivity index (χ4v) is 1.49. The molecule has 6 heteroatoms. The standard InChI is InChI=1S/C7H10ClNO4/c8-4-1-6(11)9(2-4)3-5(10)7(12)13/h4-5,10H,1-3H2,(H,12,13). The number of carboxylic acid groups (broad SMARTS) is 1. The number of carbonyl (C=O) groups is 2. The van der Waals surface area contributed by atoms with Gasteiger partial charge in [0, 0.05) is 13.0 Å². The van der Waals surface area contributed by atoms with E-state index in [-0.39, 0.29) is 24.2 Å². The number of aliphatic carboxylic acids is 1. The number of nitrogens with zero attached hydrogens (tertiary/aromatic N) is 1. The number of carboxylic acids is 1. The molecule has 2 N–H and O–H groups in total. The van der Waals surface area contributed by atoms with Gasteiger partial charge in [-0.1, -0.05) is 0 Å². The van der Waals surface area contributed by atoms with Crippen molar-refractivity contribution in [3.05, 3.63) is 0 Å². The molecule has 74 valence electrons. The molecule has 1 saturated heterocycles. The predicted molar refractivity (Wildman–Crippen MR) is 44.5 cm³/mol. The number of hydrogen-bond acceptors (Lipinski definition) is 3. The van der Waals surface area contributed by atoms with Gasteiger partial charge < -0.3 is 15.1 Å². The maximum Gasteiger partial charge on any atom is 0.334 e. The molecule has 2 atom stereocenters. The molecule has 1 fully saturated rings. The van der Waals surface area contributed by atoms with E-state index >= 15 is 0 Å². The zero-order valence-corrected chi connectivity index (χ0v) is 7.57. The van der Waals surface area contributed by atoms with Crippen molar-refractivity contribution >= 4 is 23.5 Å². The summed E-state index contributed by atoms with van der Waals surface area (Å²) in [6.45, 7) is 0.127. The first-order valence-corrected chi connectivity index (χ1v) is 4.27. The van der Waals surface area contributed by atoms with Gasteiger partial charge in [-0.15, -0.1) is 11.6 Å². The van der Waals surface area contributed by atoms with Crippen molar-refractivity contribution < 1.29 is 19.8 Å². The van der Waals surface area contributed by atoms with Crippen LogP contribution in [0, 0.1) is 0 Å². The Morgan fingerprint density at radius 3 is 2.77 bits per heavy atom. The first-order valence-electron chi connectivity index (χ1n) is 3.83. The van der Waals surface area contributed by atoms with Gasteiger partial charge in [0.15, 0.2) is 6.10 Å². The summed E-state index contributed by atoms with van der Waals surface area (Å²) in [5, 5.41) is 17.1. The Labute approximate surface area is 79.9 Å². The van der Waals surface area contributed by atoms with E-state index in [0.717, 1.165) is 0 Å². The van der Waals surface area contributed by atoms with Crippen molar-refractivity contribution in [1.82, 2.24) is 4.90 Å². The lowest BCUT2D eigenvalue weighted by Crippen LogP contribution is -2.37. The highest BCUT2D eigenvalue weighted by Crippen LogP contribution is 2.16. The molecule has 0 aliphatic carbocycles. The monoisotopic (exact) mass is 207 g/mol. The summed E-state index contributed by atoms with van der Waals surface area (Å²) in [5.74, 6) is -1.54. The molecule has 0 radical (unpaired) electrons. The number of alkyl halides is 1. The summed E-state index contributed by atoms with van der Waals surface area (Å²) in [6.07, 6.45) is -1.31. The van der Waals surface area contributed by atoms with Crippen LogP contribution in [0.25, 0.3) is 0 Å². The summed E-state index contributed by atoms with van der Waals surface area (Å²) in [6, 6.07) is 0. The molecule has 1 rings (SSSR count). The van der Waals surface area contributed by atoms with Crippen molar-refractivity contribution in [1.29, 1.82) is 0 Å². The van der Waals surface area contributed by atoms with Gasteiger partial charge in [-0.2, -0.15) is 0 Å². The Morgan fingerprint density at radius 1 is 1.77 bits per heavy atom. The number of aliphatic hydroxyl groups excluding tert-OH is 1. The van der Waals surface area contributed by atoms with Gasteiger partial charge in [-0.05, 0) is 0 Å². The van der Waals surface area contributed by atoms with Gasteiger partial charge in [0.05, 0.1) is 11.9 Å². The van der Waals surface area contributed by atoms with Crippen LogP contribution < -0.4 is 0 Å². The largest absolute Gasteiger partial charge is 0.479 e. The molecular formula is C7H10ClNO4. The Kier molecular flexibility index (Phi) is 3.11. The fourth-order valence-electron chi connectivity index (χ4n) is 1.19. The molecule has 0 aromatic carbocycles. The van der Waals surface area contributed by atoms with Crippen LogP contribution in [0.4, 0.5) is 0 Å². The molecule has 1 aliphatic heterocycles. The maximum atomic E-state index is 11.1. The number of likely N-dealkylation sites (tertiary alicyclic amines) is 1. The van der Waals surface area contributed by atoms with Crippen molar-refractivity contribution in [2.45, 2.75) is 17.9 Å². The van der Waals surface area contributed by atoms with Crippen LogP contribution >= 0.6 is 11.6 Å². The quantitative estimate of drug-likeness (QED) is 0.599. The number of carbonyl (C=O) groups excluding carboxylic acids is 1. The third kappa shape index (κ3) is 2.57. The van der Waals surface area contributed by atoms with Gasteiger partial charge in [-0.3, -0.25) is 4.79 Å². The Hall–Kier alpha value is -0.810. The summed E-state index contributed by atoms with van der Waals surface area (Å²) in [5.41, 5.74) is 0. The second kappa shape index (κ2) is 3.93. The summed E-state index contributed by atoms with van der Waals surface area (Å²) in [4.78, 5) is 22.6. The van der Waals surface area contributed by atoms with Gasteiger partial charge in [0.1, 0.15) is 0 Å². The predicted octanol–water partition coefficient (Wildman–Crippen LogP) is -0.728. The van der Waals surface area contributed by atoms with E-state index in [2.05, 4.69) is 0 Å². The van der Waals surface area contributed by atoms with Crippen LogP contribution in [-0.2, 0) is 9.59 Å². The highest BCUT2D eigenvalue weighted by Gasteiger charge is 2.30. The van der Waals surface area contributed by atoms with Crippen molar-refractivity contribution in [2.24, 2.45) is 0 Å². The number of hydrogen-bond donors (Lipinski definition) is 2. The molecule has 0 saturated carbocycles. The Morgan fingerprint density at radius 2 is 2.38 bits per heavy atom. The normalized spacial score (nSPS) is 24.9. The van der Waals surface area contributed by atoms with E-state index in [1.54, 1.807) is 0 Å². The van der Waals surface area contributed by atoms with E-state index in [1.165, 1.54) is 4.90 Å². The van der Waals surface area contributed by atoms with Gasteiger partial charge in [0.2, 0.25) is 5.91 Å². The first kappa shape index (κ1) is 10.3. The molecule has 0 aromatic heterocycles. The number of rotatable bonds is 3. The third-order valence-corrected chi connectivity index (χ3v) is 2.14. The lowest BCUT2D eigenvalue weighted by Gasteiger charge is -2.17. The van der Waals surface area contributed by atoms with E-state index in [4.69, 9.17) is 21.8 Å². The van der Waals surface area contributed by atoms with Crippen molar-refractivity contribution in [3.63, 3.8) is 0 Å². The SMILES string of the molecule is O=C(O)C(O)CN1CC(Cl)CC1=O. The molecule has 1 amide bonds. The van der Waals surface area contributed by atoms with Crippen LogP contribution in [0.5, 0.6) is 0 Å². The molecule has 0 bridgehead atoms. The topological polar surface area (TPSA) is 77.8 Å². The van der Waals surface area contributed by atoms with E-state index < -0.39 is 12.1 Å². The number of aliphatic hydroxyl groups is 1. The maximum absolute atomic E-state index is 11.1. The molecule has 5 nitrogen and oxygen atoms in total. The summed E-state index contributed by atoms with van der Waals surface area (Å²) < 4.78 is 0. The molecule has 0 aromatic rings. The minimum Gasteiger partial charge on any atom is -0.479 e. The zero-order chi connectivity index (χ0) is 10.0. The van der Waals surface area contributed by atoms with Gasteiger partial charge in [-0.25, -0.2) is 4.79 Å². The molecule has 0 spiro atoms. The van der Waals surface area contributed by atoms with E-state index in [0.29, 0.717) is 6.54 Å². The molecule has 13 heavy (non-hydrogen) atoms. The van der Waals surface area contributed by atoms with Crippen LogP contribution in [-0.4, -0.2) is 51.6 Å². The van der Waals surface area contributed by atoms with E-state index in [1.807, 2.05) is 0 Å². The summed E-state index contributed by atoms with van der Waals surface area (Å²) >= 11 is 5.67. The molecule has 2 unspecified atom stereocenters. The van der Waals surface area contributed by atoms with E-state index in [9.17, 15) is 9.59 Å². The molecule has 1 heterocycles. The van der Waals surface area contributed by atoms with Crippen LogP contribution in [0.1, 0.15) is 6.42 Å². The van der Waals surface area contributed by atoms with Crippen molar-refractivity contribution in [2.75, 3.05) is 13.1 Å². The minimum absolute atomic E-state index is 0.183. The Bertz CT molecular complexity index is 233. The minimum atomic E-state index is -1.52. The molecular weight excluding hydrogens is 198 g/mol. The third-order valence-electron chi connectivity index (χ3n) is 1.85. The highest BCUT2D eigenvalue weighted by atomic mass is 35.5.